The van der Waals surface area contributed by atoms with E-state index >= 15 is 0 Å². The zero-order chi connectivity index (χ0) is 15.1. The molecule has 0 amide bonds. The van der Waals surface area contributed by atoms with Gasteiger partial charge in [0.25, 0.3) is 0 Å². The topological polar surface area (TPSA) is 54.6 Å². The zero-order valence-corrected chi connectivity index (χ0v) is 12.6. The molecular weight excluding hydrogens is 266 g/mol. The molecule has 21 heavy (non-hydrogen) atoms. The summed E-state index contributed by atoms with van der Waals surface area (Å²) in [5.41, 5.74) is 1.23. The van der Waals surface area contributed by atoms with Gasteiger partial charge in [0.15, 0.2) is 0 Å². The molecule has 4 heteroatoms. The minimum absolute atomic E-state index is 0.0677. The number of hydrogen-bond acceptors (Lipinski definition) is 4. The van der Waals surface area contributed by atoms with Gasteiger partial charge >= 0.3 is 0 Å². The lowest BCUT2D eigenvalue weighted by molar-refractivity contribution is 0.103. The third-order valence-electron chi connectivity index (χ3n) is 3.38. The first kappa shape index (κ1) is 15.6. The van der Waals surface area contributed by atoms with Crippen LogP contribution in [0.25, 0.3) is 0 Å². The highest BCUT2D eigenvalue weighted by atomic mass is 16.5. The average Bonchev–Trinajstić information content (AvgIpc) is 3.05. The minimum atomic E-state index is -0.562. The summed E-state index contributed by atoms with van der Waals surface area (Å²) in [4.78, 5) is 0. The molecule has 2 N–H and O–H groups in total. The van der Waals surface area contributed by atoms with Crippen LogP contribution in [-0.2, 0) is 6.42 Å². The van der Waals surface area contributed by atoms with E-state index in [1.807, 2.05) is 37.3 Å². The summed E-state index contributed by atoms with van der Waals surface area (Å²) in [6, 6.07) is 11.8. The maximum atomic E-state index is 9.97. The van der Waals surface area contributed by atoms with Crippen LogP contribution in [0.5, 0.6) is 5.75 Å². The summed E-state index contributed by atoms with van der Waals surface area (Å²) in [6.07, 6.45) is 2.06. The van der Waals surface area contributed by atoms with Gasteiger partial charge in [0, 0.05) is 6.54 Å². The Morgan fingerprint density at radius 2 is 2.14 bits per heavy atom. The molecule has 4 nitrogen and oxygen atoms in total. The average molecular weight is 289 g/mol. The Balaban J connectivity index is 1.73. The molecule has 1 aromatic carbocycles. The van der Waals surface area contributed by atoms with E-state index in [1.54, 1.807) is 6.26 Å². The third-order valence-corrected chi connectivity index (χ3v) is 3.38. The number of aryl methyl sites for hydroxylation is 1. The van der Waals surface area contributed by atoms with Gasteiger partial charge in [-0.05, 0) is 43.2 Å². The smallest absolute Gasteiger partial charge is 0.120 e. The van der Waals surface area contributed by atoms with Crippen molar-refractivity contribution in [1.29, 1.82) is 0 Å². The van der Waals surface area contributed by atoms with Crippen molar-refractivity contribution in [2.24, 2.45) is 0 Å². The van der Waals surface area contributed by atoms with Gasteiger partial charge < -0.3 is 19.6 Å². The zero-order valence-electron chi connectivity index (χ0n) is 12.6. The molecule has 2 aromatic rings. The molecule has 0 aliphatic rings. The van der Waals surface area contributed by atoms with Gasteiger partial charge in [0.1, 0.15) is 24.2 Å². The summed E-state index contributed by atoms with van der Waals surface area (Å²) in [5.74, 6) is 1.66. The fourth-order valence-electron chi connectivity index (χ4n) is 2.06. The highest BCUT2D eigenvalue weighted by Crippen LogP contribution is 2.14. The van der Waals surface area contributed by atoms with Crippen LogP contribution in [0, 0.1) is 0 Å². The van der Waals surface area contributed by atoms with Crippen LogP contribution >= 0.6 is 0 Å². The Morgan fingerprint density at radius 1 is 1.29 bits per heavy atom. The normalized spacial score (nSPS) is 13.9. The second-order valence-electron chi connectivity index (χ2n) is 5.11. The van der Waals surface area contributed by atoms with Gasteiger partial charge in [0.05, 0.1) is 12.3 Å². The minimum Gasteiger partial charge on any atom is -0.491 e. The molecular formula is C17H23NO3. The first-order valence-electron chi connectivity index (χ1n) is 7.35. The standard InChI is InChI=1S/C17H23NO3/c1-3-14-6-4-7-16(10-14)21-12-15(19)11-18-13(2)17-8-5-9-20-17/h4-10,13,15,18-19H,3,11-12H2,1-2H3/t13-,15?/m1/s1. The second kappa shape index (κ2) is 7.86. The molecule has 114 valence electrons. The lowest BCUT2D eigenvalue weighted by atomic mass is 10.2. The fraction of sp³-hybridized carbons (Fsp3) is 0.412. The molecule has 1 aromatic heterocycles. The molecule has 1 unspecified atom stereocenters. The Hall–Kier alpha value is -1.78. The van der Waals surface area contributed by atoms with Crippen molar-refractivity contribution in [2.75, 3.05) is 13.2 Å². The van der Waals surface area contributed by atoms with E-state index in [4.69, 9.17) is 9.15 Å². The predicted octanol–water partition coefficient (Wildman–Crippen LogP) is 2.93. The number of benzene rings is 1. The third kappa shape index (κ3) is 4.92. The van der Waals surface area contributed by atoms with E-state index in [0.29, 0.717) is 6.54 Å². The van der Waals surface area contributed by atoms with E-state index in [9.17, 15) is 5.11 Å². The van der Waals surface area contributed by atoms with Crippen LogP contribution in [-0.4, -0.2) is 24.4 Å². The van der Waals surface area contributed by atoms with Crippen molar-refractivity contribution in [2.45, 2.75) is 32.4 Å². The van der Waals surface area contributed by atoms with E-state index < -0.39 is 6.10 Å². The monoisotopic (exact) mass is 289 g/mol. The van der Waals surface area contributed by atoms with Gasteiger partial charge in [-0.2, -0.15) is 0 Å². The molecule has 2 rings (SSSR count). The number of hydrogen-bond donors (Lipinski definition) is 2. The van der Waals surface area contributed by atoms with Gasteiger partial charge in [0.2, 0.25) is 0 Å². The number of ether oxygens (including phenoxy) is 1. The van der Waals surface area contributed by atoms with Gasteiger partial charge in [-0.25, -0.2) is 0 Å². The Kier molecular flexibility index (Phi) is 5.84. The Morgan fingerprint density at radius 3 is 2.86 bits per heavy atom. The maximum absolute atomic E-state index is 9.97. The van der Waals surface area contributed by atoms with E-state index in [2.05, 4.69) is 18.3 Å². The molecule has 0 bridgehead atoms. The summed E-state index contributed by atoms with van der Waals surface area (Å²) in [6.45, 7) is 4.82. The van der Waals surface area contributed by atoms with Crippen LogP contribution < -0.4 is 10.1 Å². The molecule has 0 radical (unpaired) electrons. The van der Waals surface area contributed by atoms with Crippen LogP contribution in [0.4, 0.5) is 0 Å². The SMILES string of the molecule is CCc1cccc(OCC(O)CN[C@H](C)c2ccco2)c1. The lowest BCUT2D eigenvalue weighted by Crippen LogP contribution is -2.32. The molecule has 2 atom stereocenters. The molecule has 0 saturated carbocycles. The first-order chi connectivity index (χ1) is 10.2. The van der Waals surface area contributed by atoms with Crippen molar-refractivity contribution in [3.8, 4) is 5.75 Å². The molecule has 0 spiro atoms. The summed E-state index contributed by atoms with van der Waals surface area (Å²) < 4.78 is 10.9. The molecule has 0 fully saturated rings. The number of furan rings is 1. The molecule has 1 heterocycles. The summed E-state index contributed by atoms with van der Waals surface area (Å²) >= 11 is 0. The van der Waals surface area contributed by atoms with Crippen LogP contribution in [0.15, 0.2) is 47.1 Å². The lowest BCUT2D eigenvalue weighted by Gasteiger charge is -2.16. The second-order valence-corrected chi connectivity index (χ2v) is 5.11. The van der Waals surface area contributed by atoms with Gasteiger partial charge in [-0.1, -0.05) is 19.1 Å². The van der Waals surface area contributed by atoms with Crippen molar-refractivity contribution in [3.63, 3.8) is 0 Å². The Labute approximate surface area is 125 Å². The number of nitrogens with one attached hydrogen (secondary N) is 1. The van der Waals surface area contributed by atoms with E-state index in [0.717, 1.165) is 17.9 Å². The number of aliphatic hydroxyl groups excluding tert-OH is 1. The van der Waals surface area contributed by atoms with E-state index in [-0.39, 0.29) is 12.6 Å². The highest BCUT2D eigenvalue weighted by molar-refractivity contribution is 5.28. The number of rotatable bonds is 8. The van der Waals surface area contributed by atoms with Crippen molar-refractivity contribution in [3.05, 3.63) is 54.0 Å². The van der Waals surface area contributed by atoms with Crippen LogP contribution in [0.3, 0.4) is 0 Å². The van der Waals surface area contributed by atoms with Crippen LogP contribution in [0.1, 0.15) is 31.2 Å². The maximum Gasteiger partial charge on any atom is 0.120 e. The van der Waals surface area contributed by atoms with Gasteiger partial charge in [-0.3, -0.25) is 0 Å². The quantitative estimate of drug-likeness (QED) is 0.784. The van der Waals surface area contributed by atoms with Crippen molar-refractivity contribution >= 4 is 0 Å². The van der Waals surface area contributed by atoms with E-state index in [1.165, 1.54) is 5.56 Å². The largest absolute Gasteiger partial charge is 0.491 e. The number of aliphatic hydroxyl groups is 1. The molecule has 0 aliphatic carbocycles. The summed E-state index contributed by atoms with van der Waals surface area (Å²) in [7, 11) is 0. The van der Waals surface area contributed by atoms with Crippen molar-refractivity contribution in [1.82, 2.24) is 5.32 Å². The predicted molar refractivity (Wildman–Crippen MR) is 82.4 cm³/mol. The molecule has 0 aliphatic heterocycles. The fourth-order valence-corrected chi connectivity index (χ4v) is 2.06. The highest BCUT2D eigenvalue weighted by Gasteiger charge is 2.11. The van der Waals surface area contributed by atoms with Crippen LogP contribution in [0.2, 0.25) is 0 Å². The first-order valence-corrected chi connectivity index (χ1v) is 7.35. The van der Waals surface area contributed by atoms with Crippen molar-refractivity contribution < 1.29 is 14.3 Å². The van der Waals surface area contributed by atoms with Gasteiger partial charge in [-0.15, -0.1) is 0 Å². The molecule has 0 saturated heterocycles. The summed E-state index contributed by atoms with van der Waals surface area (Å²) in [5, 5.41) is 13.2. The Bertz CT molecular complexity index is 525.